The summed E-state index contributed by atoms with van der Waals surface area (Å²) >= 11 is 6.43. The second-order valence-electron chi connectivity index (χ2n) is 14.4. The first kappa shape index (κ1) is 89.8. The molecule has 0 atom stereocenters. The van der Waals surface area contributed by atoms with E-state index in [9.17, 15) is 34.7 Å². The number of anilines is 1. The summed E-state index contributed by atoms with van der Waals surface area (Å²) < 4.78 is 28.6. The molecule has 0 unspecified atom stereocenters. The quantitative estimate of drug-likeness (QED) is 0.0224. The normalized spacial score (nSPS) is 11.3. The van der Waals surface area contributed by atoms with Crippen LogP contribution in [-0.4, -0.2) is 131 Å². The van der Waals surface area contributed by atoms with Gasteiger partial charge < -0.3 is 45.3 Å². The smallest absolute Gasteiger partial charge is 0.269 e. The minimum Gasteiger partial charge on any atom is -0.494 e. The molecule has 21 heteroatoms. The molecule has 7 rings (SSSR count). The third-order valence-corrected chi connectivity index (χ3v) is 10.4. The molecular formula is C60H108Br2FN7O11. The Balaban J connectivity index is -0.000000160. The number of alkyl halides is 2. The monoisotopic (exact) mass is 1280 g/mol. The molecule has 3 aliphatic rings. The first-order chi connectivity index (χ1) is 39.4. The molecule has 5 N–H and O–H groups in total. The van der Waals surface area contributed by atoms with Crippen molar-refractivity contribution in [3.63, 3.8) is 0 Å². The summed E-state index contributed by atoms with van der Waals surface area (Å²) in [7, 11) is 1.00. The molecule has 0 aromatic heterocycles. The van der Waals surface area contributed by atoms with E-state index in [-0.39, 0.29) is 17.1 Å². The number of hydrogen-bond acceptors (Lipinski definition) is 15. The number of aliphatic hydroxyl groups excluding tert-OH is 2. The van der Waals surface area contributed by atoms with Crippen LogP contribution < -0.4 is 25.3 Å². The van der Waals surface area contributed by atoms with Gasteiger partial charge in [-0.15, -0.1) is 0 Å². The number of ether oxygens (including phenoxy) is 3. The Labute approximate surface area is 505 Å². The molecule has 81 heavy (non-hydrogen) atoms. The van der Waals surface area contributed by atoms with Crippen LogP contribution in [0.1, 0.15) is 142 Å². The summed E-state index contributed by atoms with van der Waals surface area (Å²) in [5.41, 5.74) is 6.45. The minimum atomic E-state index is -0.570. The second kappa shape index (κ2) is 73.0. The molecule has 0 radical (unpaired) electrons. The molecule has 4 aromatic rings. The van der Waals surface area contributed by atoms with Gasteiger partial charge in [-0.3, -0.25) is 30.3 Å². The molecular weight excluding hydrogens is 1170 g/mol. The number of benzene rings is 4. The summed E-state index contributed by atoms with van der Waals surface area (Å²) in [6, 6.07) is 24.2. The second-order valence-corrected chi connectivity index (χ2v) is 15.9. The number of nitro benzene ring substituents is 3. The van der Waals surface area contributed by atoms with E-state index in [1.807, 2.05) is 121 Å². The molecule has 3 fully saturated rings. The predicted octanol–water partition coefficient (Wildman–Crippen LogP) is 15.8. The average Bonchev–Trinajstić information content (AvgIpc) is 3.47. The maximum absolute atomic E-state index is 12.1. The fourth-order valence-corrected chi connectivity index (χ4v) is 5.58. The first-order valence-corrected chi connectivity index (χ1v) is 31.2. The standard InChI is InChI=1S/C12H16N2O3.C12H18N2O.C9H10BrNO3.C6H4FNO2.C3H7BrO.C3H7N.7C2H6.CH4O/c15-14(16)11-3-5-12(6-4-11)17-10-2-9-13-7-1-8-13;13-11-3-5-12(6-4-11)15-10-2-9-14-7-1-8-14;10-6-1-7-14-9-4-2-8(3-5-9)11(12)13;7-5-1-3-6(4-2-5)8(9)10;4-2-1-3-5;1-2-4-3-1;8*1-2/h3-6H,1-2,7-10H2;3-6H,1-2,7-10,13H2;2-5H,1,6-7H2;1-4H;5H,1-3H2;4H,1-3H2;7*1-2H3;2H,1H3. The SMILES string of the molecule is C1CNC1.CC.CC.CC.CC.CC.CC.CC.CO.Nc1ccc(OCCCN2CCC2)cc1.O=[N+]([O-])c1ccc(F)cc1.O=[N+]([O-])c1ccc(OCCCBr)cc1.O=[N+]([O-])c1ccc(OCCCN2CCC2)cc1.OCCCBr. The van der Waals surface area contributed by atoms with Gasteiger partial charge in [0.15, 0.2) is 0 Å². The summed E-state index contributed by atoms with van der Waals surface area (Å²) in [5.74, 6) is 1.80. The highest BCUT2D eigenvalue weighted by Gasteiger charge is 2.13. The topological polar surface area (TPSA) is 242 Å². The van der Waals surface area contributed by atoms with E-state index >= 15 is 0 Å². The molecule has 0 bridgehead atoms. The van der Waals surface area contributed by atoms with Crippen molar-refractivity contribution in [2.45, 2.75) is 142 Å². The van der Waals surface area contributed by atoms with Crippen molar-refractivity contribution < 1.29 is 43.6 Å². The maximum atomic E-state index is 12.1. The van der Waals surface area contributed by atoms with Crippen LogP contribution in [0.5, 0.6) is 17.2 Å². The molecule has 4 aromatic carbocycles. The number of aliphatic hydroxyl groups is 2. The molecule has 0 aliphatic carbocycles. The van der Waals surface area contributed by atoms with Gasteiger partial charge in [-0.25, -0.2) is 4.39 Å². The lowest BCUT2D eigenvalue weighted by Crippen LogP contribution is -2.38. The predicted molar refractivity (Wildman–Crippen MR) is 347 cm³/mol. The Morgan fingerprint density at radius 1 is 0.494 bits per heavy atom. The molecule has 18 nitrogen and oxygen atoms in total. The van der Waals surface area contributed by atoms with Crippen LogP contribution in [-0.2, 0) is 0 Å². The number of hydrogen-bond donors (Lipinski definition) is 4. The summed E-state index contributed by atoms with van der Waals surface area (Å²) in [4.78, 5) is 34.2. The molecule has 3 aliphatic heterocycles. The van der Waals surface area contributed by atoms with E-state index in [1.165, 1.54) is 82.8 Å². The number of rotatable bonds is 19. The minimum absolute atomic E-state index is 0.0813. The average molecular weight is 1280 g/mol. The molecule has 0 saturated carbocycles. The number of halogens is 3. The van der Waals surface area contributed by atoms with Crippen molar-refractivity contribution in [2.75, 3.05) is 102 Å². The Morgan fingerprint density at radius 2 is 0.753 bits per heavy atom. The van der Waals surface area contributed by atoms with Crippen molar-refractivity contribution in [3.05, 3.63) is 133 Å². The summed E-state index contributed by atoms with van der Waals surface area (Å²) in [6.45, 7) is 40.0. The number of nitrogens with one attached hydrogen (secondary N) is 1. The number of nitro groups is 3. The van der Waals surface area contributed by atoms with E-state index in [0.717, 1.165) is 98.9 Å². The van der Waals surface area contributed by atoms with Crippen molar-refractivity contribution in [2.24, 2.45) is 0 Å². The van der Waals surface area contributed by atoms with E-state index in [2.05, 4.69) is 47.0 Å². The van der Waals surface area contributed by atoms with Gasteiger partial charge in [-0.1, -0.05) is 129 Å². The fraction of sp³-hybridized carbons (Fsp3) is 0.600. The third kappa shape index (κ3) is 56.6. The van der Waals surface area contributed by atoms with Crippen LogP contribution in [0.3, 0.4) is 0 Å². The lowest BCUT2D eigenvalue weighted by molar-refractivity contribution is -0.385. The Kier molecular flexibility index (Phi) is 80.9. The molecule has 3 heterocycles. The Bertz CT molecular complexity index is 1860. The van der Waals surface area contributed by atoms with Crippen LogP contribution in [0, 0.1) is 36.2 Å². The molecule has 0 amide bonds. The van der Waals surface area contributed by atoms with Gasteiger partial charge in [-0.2, -0.15) is 0 Å². The molecule has 3 saturated heterocycles. The van der Waals surface area contributed by atoms with Gasteiger partial charge in [0.05, 0.1) is 34.6 Å². The number of likely N-dealkylation sites (tertiary alicyclic amines) is 2. The number of nitrogen functional groups attached to an aromatic ring is 1. The van der Waals surface area contributed by atoms with E-state index in [0.29, 0.717) is 31.3 Å². The first-order valence-electron chi connectivity index (χ1n) is 28.9. The number of non-ortho nitro benzene ring substituents is 3. The van der Waals surface area contributed by atoms with Gasteiger partial charge in [-0.05, 0) is 145 Å². The van der Waals surface area contributed by atoms with Crippen LogP contribution >= 0.6 is 31.9 Å². The highest BCUT2D eigenvalue weighted by molar-refractivity contribution is 9.09. The van der Waals surface area contributed by atoms with Crippen molar-refractivity contribution in [3.8, 4) is 17.2 Å². The molecule has 470 valence electrons. The van der Waals surface area contributed by atoms with Crippen LogP contribution in [0.15, 0.2) is 97.1 Å². The maximum Gasteiger partial charge on any atom is 0.269 e. The van der Waals surface area contributed by atoms with Gasteiger partial charge in [0.1, 0.15) is 23.1 Å². The van der Waals surface area contributed by atoms with Crippen molar-refractivity contribution in [1.82, 2.24) is 15.1 Å². The van der Waals surface area contributed by atoms with E-state index in [1.54, 1.807) is 24.3 Å². The van der Waals surface area contributed by atoms with Gasteiger partial charge >= 0.3 is 0 Å². The Hall–Kier alpha value is -5.03. The zero-order valence-electron chi connectivity index (χ0n) is 52.1. The van der Waals surface area contributed by atoms with Crippen LogP contribution in [0.2, 0.25) is 0 Å². The number of nitrogens with two attached hydrogens (primary N) is 1. The molecule has 0 spiro atoms. The van der Waals surface area contributed by atoms with Crippen molar-refractivity contribution in [1.29, 1.82) is 0 Å². The zero-order chi connectivity index (χ0) is 63.5. The summed E-state index contributed by atoms with van der Waals surface area (Å²) in [5, 5.41) is 50.7. The van der Waals surface area contributed by atoms with E-state index < -0.39 is 20.6 Å². The van der Waals surface area contributed by atoms with Crippen LogP contribution in [0.4, 0.5) is 27.1 Å². The third-order valence-electron chi connectivity index (χ3n) is 9.23. The number of nitrogens with zero attached hydrogens (tertiary/aromatic N) is 5. The highest BCUT2D eigenvalue weighted by Crippen LogP contribution is 2.19. The zero-order valence-corrected chi connectivity index (χ0v) is 55.3. The lowest BCUT2D eigenvalue weighted by Gasteiger charge is -2.30. The van der Waals surface area contributed by atoms with Crippen LogP contribution in [0.25, 0.3) is 0 Å². The van der Waals surface area contributed by atoms with Crippen molar-refractivity contribution >= 4 is 54.6 Å². The fourth-order valence-electron chi connectivity index (χ4n) is 5.10. The largest absolute Gasteiger partial charge is 0.494 e. The van der Waals surface area contributed by atoms with Gasteiger partial charge in [0.2, 0.25) is 0 Å². The van der Waals surface area contributed by atoms with Gasteiger partial charge in [0, 0.05) is 79.6 Å². The highest BCUT2D eigenvalue weighted by atomic mass is 79.9. The Morgan fingerprint density at radius 3 is 0.963 bits per heavy atom. The summed E-state index contributed by atoms with van der Waals surface area (Å²) in [6.07, 6.45) is 7.93. The lowest BCUT2D eigenvalue weighted by atomic mass is 10.2. The van der Waals surface area contributed by atoms with Gasteiger partial charge in [0.25, 0.3) is 17.1 Å². The van der Waals surface area contributed by atoms with E-state index in [4.69, 9.17) is 30.2 Å².